The number of hydrogen-bond donors (Lipinski definition) is 1. The number of carbonyl (C=O) groups is 1. The molecule has 1 amide bonds. The van der Waals surface area contributed by atoms with Crippen LogP contribution in [-0.2, 0) is 21.2 Å². The molecule has 0 fully saturated rings. The fraction of sp³-hybridized carbons (Fsp3) is 0.278. The van der Waals surface area contributed by atoms with Gasteiger partial charge in [-0.3, -0.25) is 4.79 Å². The highest BCUT2D eigenvalue weighted by atomic mass is 32.2. The summed E-state index contributed by atoms with van der Waals surface area (Å²) in [5.74, 6) is -0.694. The van der Waals surface area contributed by atoms with Crippen molar-refractivity contribution in [2.75, 3.05) is 27.2 Å². The zero-order valence-electron chi connectivity index (χ0n) is 15.9. The van der Waals surface area contributed by atoms with Crippen LogP contribution in [0.3, 0.4) is 0 Å². The summed E-state index contributed by atoms with van der Waals surface area (Å²) >= 11 is 0. The van der Waals surface area contributed by atoms with E-state index in [0.29, 0.717) is 24.0 Å². The summed E-state index contributed by atoms with van der Waals surface area (Å²) in [4.78, 5) is 18.4. The number of nitrogens with zero attached hydrogens (tertiary/aromatic N) is 4. The maximum absolute atomic E-state index is 12.9. The van der Waals surface area contributed by atoms with Crippen LogP contribution in [-0.4, -0.2) is 61.0 Å². The van der Waals surface area contributed by atoms with E-state index in [1.165, 1.54) is 44.4 Å². The molecule has 0 spiro atoms. The predicted octanol–water partition coefficient (Wildman–Crippen LogP) is 0.608. The standard InChI is InChI=1S/C18H20FN5O4S/c1-23(2)29(26,27)15-7-8-16-17(11-15)24(22-21-16)28-12-18(25)20-10-9-13-3-5-14(19)6-4-13/h3-8,11H,9-10,12H2,1-2H3,(H,20,25). The number of amides is 1. The molecule has 0 unspecified atom stereocenters. The van der Waals surface area contributed by atoms with E-state index in [1.54, 1.807) is 12.1 Å². The van der Waals surface area contributed by atoms with E-state index in [9.17, 15) is 17.6 Å². The molecule has 1 N–H and O–H groups in total. The summed E-state index contributed by atoms with van der Waals surface area (Å²) in [6.07, 6.45) is 0.546. The Bertz CT molecular complexity index is 1110. The number of nitrogens with one attached hydrogen (secondary N) is 1. The van der Waals surface area contributed by atoms with Gasteiger partial charge in [0.15, 0.2) is 6.61 Å². The summed E-state index contributed by atoms with van der Waals surface area (Å²) in [6.45, 7) is 0.0314. The maximum Gasteiger partial charge on any atom is 0.260 e. The molecule has 154 valence electrons. The molecular formula is C18H20FN5O4S. The minimum absolute atomic E-state index is 0.0610. The SMILES string of the molecule is CN(C)S(=O)(=O)c1ccc2nnn(OCC(=O)NCCc3ccc(F)cc3)c2c1. The Balaban J connectivity index is 1.59. The van der Waals surface area contributed by atoms with Crippen LogP contribution >= 0.6 is 0 Å². The predicted molar refractivity (Wildman–Crippen MR) is 103 cm³/mol. The molecule has 3 aromatic rings. The van der Waals surface area contributed by atoms with Crippen molar-refractivity contribution in [3.63, 3.8) is 0 Å². The number of fused-ring (bicyclic) bond motifs is 1. The topological polar surface area (TPSA) is 106 Å². The molecule has 29 heavy (non-hydrogen) atoms. The van der Waals surface area contributed by atoms with Crippen LogP contribution in [0, 0.1) is 5.82 Å². The van der Waals surface area contributed by atoms with E-state index >= 15 is 0 Å². The summed E-state index contributed by atoms with van der Waals surface area (Å²) < 4.78 is 38.5. The van der Waals surface area contributed by atoms with Crippen molar-refractivity contribution >= 4 is 27.0 Å². The molecule has 3 rings (SSSR count). The molecule has 0 atom stereocenters. The molecule has 9 nitrogen and oxygen atoms in total. The minimum Gasteiger partial charge on any atom is -0.385 e. The van der Waals surface area contributed by atoms with Crippen LogP contribution in [0.1, 0.15) is 5.56 Å². The first kappa shape index (κ1) is 20.7. The number of aromatic nitrogens is 3. The molecule has 11 heteroatoms. The molecular weight excluding hydrogens is 401 g/mol. The van der Waals surface area contributed by atoms with Crippen molar-refractivity contribution in [3.8, 4) is 0 Å². The van der Waals surface area contributed by atoms with Crippen LogP contribution in [0.15, 0.2) is 47.4 Å². The monoisotopic (exact) mass is 421 g/mol. The van der Waals surface area contributed by atoms with Crippen molar-refractivity contribution in [2.24, 2.45) is 0 Å². The van der Waals surface area contributed by atoms with Crippen LogP contribution < -0.4 is 10.2 Å². The number of halogens is 1. The van der Waals surface area contributed by atoms with Gasteiger partial charge in [-0.05, 0) is 47.5 Å². The van der Waals surface area contributed by atoms with Gasteiger partial charge < -0.3 is 10.2 Å². The lowest BCUT2D eigenvalue weighted by Gasteiger charge is -2.11. The van der Waals surface area contributed by atoms with Crippen LogP contribution in [0.2, 0.25) is 0 Å². The van der Waals surface area contributed by atoms with Gasteiger partial charge in [0.1, 0.15) is 16.9 Å². The smallest absolute Gasteiger partial charge is 0.260 e. The molecule has 0 aliphatic rings. The number of hydrogen-bond acceptors (Lipinski definition) is 6. The molecule has 0 radical (unpaired) electrons. The van der Waals surface area contributed by atoms with E-state index in [1.807, 2.05) is 0 Å². The summed E-state index contributed by atoms with van der Waals surface area (Å²) in [7, 11) is -0.764. The molecule has 2 aromatic carbocycles. The second-order valence-electron chi connectivity index (χ2n) is 6.40. The Morgan fingerprint density at radius 2 is 1.93 bits per heavy atom. The van der Waals surface area contributed by atoms with Gasteiger partial charge in [0, 0.05) is 20.6 Å². The second-order valence-corrected chi connectivity index (χ2v) is 8.55. The van der Waals surface area contributed by atoms with E-state index < -0.39 is 10.0 Å². The number of rotatable bonds is 8. The van der Waals surface area contributed by atoms with Gasteiger partial charge in [0.25, 0.3) is 5.91 Å². The van der Waals surface area contributed by atoms with Crippen LogP contribution in [0.5, 0.6) is 0 Å². The number of sulfonamides is 1. The molecule has 0 saturated carbocycles. The van der Waals surface area contributed by atoms with E-state index in [4.69, 9.17) is 4.84 Å². The third-order valence-electron chi connectivity index (χ3n) is 4.13. The van der Waals surface area contributed by atoms with Gasteiger partial charge in [0.2, 0.25) is 10.0 Å². The Labute approximate surface area is 167 Å². The van der Waals surface area contributed by atoms with Gasteiger partial charge in [-0.2, -0.15) is 0 Å². The van der Waals surface area contributed by atoms with Crippen molar-refractivity contribution in [1.82, 2.24) is 24.8 Å². The van der Waals surface area contributed by atoms with Crippen molar-refractivity contribution < 1.29 is 22.4 Å². The zero-order valence-corrected chi connectivity index (χ0v) is 16.7. The molecule has 1 heterocycles. The first-order chi connectivity index (χ1) is 13.8. The third kappa shape index (κ3) is 4.87. The van der Waals surface area contributed by atoms with Gasteiger partial charge >= 0.3 is 0 Å². The average Bonchev–Trinajstić information content (AvgIpc) is 3.10. The third-order valence-corrected chi connectivity index (χ3v) is 5.94. The van der Waals surface area contributed by atoms with Crippen molar-refractivity contribution in [1.29, 1.82) is 0 Å². The Morgan fingerprint density at radius 3 is 2.62 bits per heavy atom. The fourth-order valence-corrected chi connectivity index (χ4v) is 3.43. The van der Waals surface area contributed by atoms with Gasteiger partial charge in [-0.25, -0.2) is 17.1 Å². The van der Waals surface area contributed by atoms with Gasteiger partial charge in [-0.1, -0.05) is 17.0 Å². The molecule has 0 aliphatic carbocycles. The summed E-state index contributed by atoms with van der Waals surface area (Å²) in [5.41, 5.74) is 1.65. The highest BCUT2D eigenvalue weighted by Crippen LogP contribution is 2.18. The van der Waals surface area contributed by atoms with Crippen LogP contribution in [0.4, 0.5) is 4.39 Å². The lowest BCUT2D eigenvalue weighted by Crippen LogP contribution is -2.33. The lowest BCUT2D eigenvalue weighted by molar-refractivity contribution is -0.126. The summed E-state index contributed by atoms with van der Waals surface area (Å²) in [6, 6.07) is 10.4. The van der Waals surface area contributed by atoms with Gasteiger partial charge in [0.05, 0.1) is 4.90 Å². The molecule has 1 aromatic heterocycles. The number of benzene rings is 2. The van der Waals surface area contributed by atoms with E-state index in [2.05, 4.69) is 15.6 Å². The Morgan fingerprint density at radius 1 is 1.21 bits per heavy atom. The second kappa shape index (κ2) is 8.53. The zero-order chi connectivity index (χ0) is 21.0. The summed E-state index contributed by atoms with van der Waals surface area (Å²) in [5, 5.41) is 10.4. The largest absolute Gasteiger partial charge is 0.385 e. The van der Waals surface area contributed by atoms with Crippen molar-refractivity contribution in [2.45, 2.75) is 11.3 Å². The normalized spacial score (nSPS) is 11.7. The molecule has 0 bridgehead atoms. The maximum atomic E-state index is 12.9. The average molecular weight is 421 g/mol. The van der Waals surface area contributed by atoms with Crippen molar-refractivity contribution in [3.05, 3.63) is 53.8 Å². The Hall–Kier alpha value is -3.05. The highest BCUT2D eigenvalue weighted by Gasteiger charge is 2.19. The fourth-order valence-electron chi connectivity index (χ4n) is 2.51. The van der Waals surface area contributed by atoms with E-state index in [-0.39, 0.29) is 23.2 Å². The van der Waals surface area contributed by atoms with Gasteiger partial charge in [-0.15, -0.1) is 5.10 Å². The van der Waals surface area contributed by atoms with Crippen LogP contribution in [0.25, 0.3) is 11.0 Å². The molecule has 0 saturated heterocycles. The highest BCUT2D eigenvalue weighted by molar-refractivity contribution is 7.89. The number of carbonyl (C=O) groups excluding carboxylic acids is 1. The first-order valence-electron chi connectivity index (χ1n) is 8.70. The lowest BCUT2D eigenvalue weighted by atomic mass is 10.1. The Kier molecular flexibility index (Phi) is 6.09. The van der Waals surface area contributed by atoms with E-state index in [0.717, 1.165) is 14.7 Å². The quantitative estimate of drug-likeness (QED) is 0.571. The first-order valence-corrected chi connectivity index (χ1v) is 10.1. The molecule has 0 aliphatic heterocycles. The minimum atomic E-state index is -3.63.